The van der Waals surface area contributed by atoms with Crippen molar-refractivity contribution >= 4 is 27.6 Å². The van der Waals surface area contributed by atoms with Gasteiger partial charge in [-0.1, -0.05) is 48.0 Å². The van der Waals surface area contributed by atoms with Crippen LogP contribution in [0.2, 0.25) is 0 Å². The second-order valence-electron chi connectivity index (χ2n) is 10.3. The van der Waals surface area contributed by atoms with Crippen LogP contribution in [-0.4, -0.2) is 27.8 Å². The topological polar surface area (TPSA) is 57.6 Å². The second kappa shape index (κ2) is 7.03. The normalized spacial score (nSPS) is 40.5. The minimum atomic E-state index is -0.368. The van der Waals surface area contributed by atoms with Crippen LogP contribution in [0.4, 0.5) is 0 Å². The van der Waals surface area contributed by atoms with E-state index in [9.17, 15) is 14.7 Å². The maximum Gasteiger partial charge on any atom is 0.227 e. The molecule has 0 unspecified atom stereocenters. The van der Waals surface area contributed by atoms with Crippen molar-refractivity contribution in [3.63, 3.8) is 0 Å². The van der Waals surface area contributed by atoms with Gasteiger partial charge in [-0.25, -0.2) is 0 Å². The summed E-state index contributed by atoms with van der Waals surface area (Å²) in [4.78, 5) is 28.4. The Kier molecular flexibility index (Phi) is 4.79. The van der Waals surface area contributed by atoms with Crippen LogP contribution in [-0.2, 0) is 16.1 Å². The van der Waals surface area contributed by atoms with Crippen molar-refractivity contribution in [1.82, 2.24) is 4.90 Å². The molecule has 4 nitrogen and oxygen atoms in total. The maximum atomic E-state index is 13.5. The highest BCUT2D eigenvalue weighted by Crippen LogP contribution is 2.63. The molecule has 0 bridgehead atoms. The minimum Gasteiger partial charge on any atom is -0.393 e. The Balaban J connectivity index is 1.51. The highest BCUT2D eigenvalue weighted by atomic mass is 79.9. The Morgan fingerprint density at radius 2 is 1.90 bits per heavy atom. The molecular weight excluding hydrogens is 442 g/mol. The number of nitrogens with zero attached hydrogens (tertiary/aromatic N) is 1. The van der Waals surface area contributed by atoms with Crippen molar-refractivity contribution in [3.05, 3.63) is 46.1 Å². The van der Waals surface area contributed by atoms with E-state index in [-0.39, 0.29) is 34.7 Å². The molecule has 5 rings (SSSR count). The number of amides is 1. The number of hydrogen-bond acceptors (Lipinski definition) is 3. The Morgan fingerprint density at radius 1 is 1.17 bits per heavy atom. The first-order chi connectivity index (χ1) is 14.2. The van der Waals surface area contributed by atoms with E-state index in [2.05, 4.69) is 35.9 Å². The molecule has 30 heavy (non-hydrogen) atoms. The van der Waals surface area contributed by atoms with Crippen LogP contribution < -0.4 is 0 Å². The minimum absolute atomic E-state index is 0.0404. The molecule has 1 heterocycles. The number of piperidine rings is 1. The van der Waals surface area contributed by atoms with Gasteiger partial charge in [-0.2, -0.15) is 0 Å². The van der Waals surface area contributed by atoms with Crippen molar-refractivity contribution in [2.75, 3.05) is 0 Å². The number of carbonyl (C=O) groups excluding carboxylic acids is 2. The van der Waals surface area contributed by atoms with E-state index in [1.54, 1.807) is 0 Å². The molecular formula is C25H30BrNO3. The second-order valence-corrected chi connectivity index (χ2v) is 11.3. The Labute approximate surface area is 186 Å². The number of aliphatic hydroxyl groups is 1. The first-order valence-electron chi connectivity index (χ1n) is 11.2. The number of aliphatic hydroxyl groups excluding tert-OH is 1. The van der Waals surface area contributed by atoms with Gasteiger partial charge in [0.05, 0.1) is 12.6 Å². The van der Waals surface area contributed by atoms with Gasteiger partial charge in [0.15, 0.2) is 0 Å². The number of halogens is 1. The zero-order valence-electron chi connectivity index (χ0n) is 17.7. The number of allylic oxidation sites excluding steroid dienone is 2. The molecule has 4 aliphatic rings. The molecule has 5 heteroatoms. The van der Waals surface area contributed by atoms with Crippen LogP contribution in [0.5, 0.6) is 0 Å². The molecule has 6 atom stereocenters. The van der Waals surface area contributed by atoms with Gasteiger partial charge in [0.2, 0.25) is 5.91 Å². The third-order valence-electron chi connectivity index (χ3n) is 8.77. The maximum absolute atomic E-state index is 13.5. The third kappa shape index (κ3) is 2.88. The molecule has 0 aromatic heterocycles. The standard InChI is InChI=1S/C25H30BrNO3/c1-24-12-11-22(30)27(14-15-3-5-16(26)6-4-15)20(24)9-7-17-18-8-10-21(29)25(18,2)13-19(28)23(17)24/h3-6,9,17-18,21,23,29H,7-8,10-14H2,1-2H3/t17-,18-,21-,23+,24-,25-/m0/s1. The van der Waals surface area contributed by atoms with Crippen LogP contribution in [0, 0.1) is 28.6 Å². The summed E-state index contributed by atoms with van der Waals surface area (Å²) in [6, 6.07) is 8.11. The zero-order valence-corrected chi connectivity index (χ0v) is 19.3. The number of Topliss-reactive ketones (excluding diaryl/α,β-unsaturated/α-hetero) is 1. The average Bonchev–Trinajstić information content (AvgIpc) is 3.00. The largest absolute Gasteiger partial charge is 0.393 e. The molecule has 2 saturated carbocycles. The van der Waals surface area contributed by atoms with Crippen molar-refractivity contribution < 1.29 is 14.7 Å². The number of rotatable bonds is 2. The van der Waals surface area contributed by atoms with Gasteiger partial charge in [-0.3, -0.25) is 9.59 Å². The summed E-state index contributed by atoms with van der Waals surface area (Å²) in [7, 11) is 0. The lowest BCUT2D eigenvalue weighted by Crippen LogP contribution is -2.57. The summed E-state index contributed by atoms with van der Waals surface area (Å²) in [6.07, 6.45) is 6.24. The summed E-state index contributed by atoms with van der Waals surface area (Å²) in [5.41, 5.74) is 1.58. The van der Waals surface area contributed by atoms with Gasteiger partial charge in [-0.15, -0.1) is 0 Å². The van der Waals surface area contributed by atoms with Gasteiger partial charge < -0.3 is 10.0 Å². The van der Waals surface area contributed by atoms with Crippen molar-refractivity contribution in [1.29, 1.82) is 0 Å². The Bertz CT molecular complexity index is 925. The van der Waals surface area contributed by atoms with Crippen LogP contribution in [0.15, 0.2) is 40.5 Å². The molecule has 160 valence electrons. The van der Waals surface area contributed by atoms with Gasteiger partial charge in [0, 0.05) is 39.8 Å². The quantitative estimate of drug-likeness (QED) is 0.670. The van der Waals surface area contributed by atoms with Crippen molar-refractivity contribution in [3.8, 4) is 0 Å². The zero-order chi connectivity index (χ0) is 21.3. The Morgan fingerprint density at radius 3 is 2.63 bits per heavy atom. The molecule has 1 amide bonds. The number of benzene rings is 1. The number of carbonyl (C=O) groups is 2. The van der Waals surface area contributed by atoms with Gasteiger partial charge in [0.1, 0.15) is 5.78 Å². The summed E-state index contributed by atoms with van der Waals surface area (Å²) in [5.74, 6) is 1.09. The third-order valence-corrected chi connectivity index (χ3v) is 9.29. The molecule has 3 aliphatic carbocycles. The highest BCUT2D eigenvalue weighted by Gasteiger charge is 2.62. The lowest BCUT2D eigenvalue weighted by molar-refractivity contribution is -0.152. The predicted molar refractivity (Wildman–Crippen MR) is 118 cm³/mol. The molecule has 1 N–H and O–H groups in total. The summed E-state index contributed by atoms with van der Waals surface area (Å²) in [5, 5.41) is 10.6. The summed E-state index contributed by atoms with van der Waals surface area (Å²) >= 11 is 3.47. The summed E-state index contributed by atoms with van der Waals surface area (Å²) < 4.78 is 1.02. The van der Waals surface area contributed by atoms with E-state index in [1.807, 2.05) is 29.2 Å². The van der Waals surface area contributed by atoms with Crippen molar-refractivity contribution in [2.24, 2.45) is 28.6 Å². The average molecular weight is 472 g/mol. The fourth-order valence-electron chi connectivity index (χ4n) is 7.20. The number of ketones is 1. The highest BCUT2D eigenvalue weighted by molar-refractivity contribution is 9.10. The van der Waals surface area contributed by atoms with E-state index in [0.717, 1.165) is 41.4 Å². The van der Waals surface area contributed by atoms with E-state index in [4.69, 9.17) is 0 Å². The molecule has 1 saturated heterocycles. The van der Waals surface area contributed by atoms with Crippen LogP contribution in [0.3, 0.4) is 0 Å². The van der Waals surface area contributed by atoms with Crippen LogP contribution in [0.25, 0.3) is 0 Å². The lowest BCUT2D eigenvalue weighted by Gasteiger charge is -2.57. The summed E-state index contributed by atoms with van der Waals surface area (Å²) in [6.45, 7) is 4.89. The van der Waals surface area contributed by atoms with E-state index in [1.165, 1.54) is 0 Å². The van der Waals surface area contributed by atoms with E-state index in [0.29, 0.717) is 31.1 Å². The molecule has 1 aliphatic heterocycles. The fourth-order valence-corrected chi connectivity index (χ4v) is 7.47. The molecule has 1 aromatic rings. The first kappa shape index (κ1) is 20.4. The predicted octanol–water partition coefficient (Wildman–Crippen LogP) is 4.85. The van der Waals surface area contributed by atoms with E-state index >= 15 is 0 Å². The van der Waals surface area contributed by atoms with Gasteiger partial charge in [0.25, 0.3) is 0 Å². The molecule has 3 fully saturated rings. The fraction of sp³-hybridized carbons (Fsp3) is 0.600. The first-order valence-corrected chi connectivity index (χ1v) is 12.0. The number of likely N-dealkylation sites (tertiary alicyclic amines) is 1. The van der Waals surface area contributed by atoms with E-state index < -0.39 is 0 Å². The SMILES string of the molecule is C[C@]12CC(=O)[C@H]3[C@@H](CC=C4N(Cc5ccc(Br)cc5)C(=O)CC[C@@]43C)[C@@H]1CC[C@@H]2O. The van der Waals surface area contributed by atoms with Crippen LogP contribution in [0.1, 0.15) is 57.9 Å². The van der Waals surface area contributed by atoms with Gasteiger partial charge >= 0.3 is 0 Å². The molecule has 0 radical (unpaired) electrons. The molecule has 0 spiro atoms. The van der Waals surface area contributed by atoms with Gasteiger partial charge in [-0.05, 0) is 55.2 Å². The number of fused-ring (bicyclic) bond motifs is 5. The smallest absolute Gasteiger partial charge is 0.227 e. The monoisotopic (exact) mass is 471 g/mol. The molecule has 1 aromatic carbocycles. The Hall–Kier alpha value is -1.46. The number of hydrogen-bond donors (Lipinski definition) is 1. The lowest BCUT2D eigenvalue weighted by atomic mass is 9.49. The van der Waals surface area contributed by atoms with Crippen LogP contribution >= 0.6 is 15.9 Å². The van der Waals surface area contributed by atoms with Crippen molar-refractivity contribution in [2.45, 2.75) is 65.0 Å².